The van der Waals surface area contributed by atoms with Gasteiger partial charge in [-0.2, -0.15) is 4.57 Å². The van der Waals surface area contributed by atoms with Gasteiger partial charge in [-0.1, -0.05) is 66.2 Å². The smallest absolute Gasteiger partial charge is 0.345 e. The van der Waals surface area contributed by atoms with Crippen LogP contribution in [0.15, 0.2) is 83.8 Å². The maximum Gasteiger partial charge on any atom is 0.345 e. The van der Waals surface area contributed by atoms with Gasteiger partial charge in [0.15, 0.2) is 0 Å². The van der Waals surface area contributed by atoms with E-state index in [1.54, 1.807) is 21.4 Å². The number of para-hydroxylation sites is 1. The molecule has 0 saturated carbocycles. The average Bonchev–Trinajstić information content (AvgIpc) is 2.81. The molecule has 0 fully saturated rings. The van der Waals surface area contributed by atoms with Crippen LogP contribution < -0.4 is 15.2 Å². The van der Waals surface area contributed by atoms with Crippen molar-refractivity contribution in [1.82, 2.24) is 9.55 Å². The van der Waals surface area contributed by atoms with E-state index in [2.05, 4.69) is 4.98 Å². The summed E-state index contributed by atoms with van der Waals surface area (Å²) in [7, 11) is 0. The highest BCUT2D eigenvalue weighted by Gasteiger charge is 2.35. The molecule has 6 heteroatoms. The van der Waals surface area contributed by atoms with Gasteiger partial charge in [0.25, 0.3) is 5.82 Å². The summed E-state index contributed by atoms with van der Waals surface area (Å²) in [6.07, 6.45) is 4.02. The Labute approximate surface area is 184 Å². The summed E-state index contributed by atoms with van der Waals surface area (Å²) in [5, 5.41) is 14.1. The second kappa shape index (κ2) is 8.00. The summed E-state index contributed by atoms with van der Waals surface area (Å²) in [5.74, 6) is 0.426. The first-order valence-electron chi connectivity index (χ1n) is 10.3. The molecule has 5 nitrogen and oxygen atoms in total. The number of nitrogens with zero attached hydrogens (tertiary/aromatic N) is 3. The third-order valence-electron chi connectivity index (χ3n) is 5.79. The number of fused-ring (bicyclic) bond motifs is 1. The van der Waals surface area contributed by atoms with Crippen LogP contribution in [-0.2, 0) is 6.42 Å². The van der Waals surface area contributed by atoms with Crippen molar-refractivity contribution in [1.29, 1.82) is 0 Å². The van der Waals surface area contributed by atoms with Crippen LogP contribution in [0.4, 0.5) is 0 Å². The maximum absolute atomic E-state index is 13.8. The lowest BCUT2D eigenvalue weighted by Gasteiger charge is -2.27. The monoisotopic (exact) mass is 429 g/mol. The summed E-state index contributed by atoms with van der Waals surface area (Å²) in [5.41, 5.74) is 2.20. The van der Waals surface area contributed by atoms with Crippen molar-refractivity contribution in [3.63, 3.8) is 0 Å². The molecule has 0 spiro atoms. The van der Waals surface area contributed by atoms with Crippen molar-refractivity contribution in [2.75, 3.05) is 0 Å². The highest BCUT2D eigenvalue weighted by Crippen LogP contribution is 2.31. The molecule has 5 rings (SSSR count). The zero-order valence-corrected chi connectivity index (χ0v) is 17.5. The first-order valence-corrected chi connectivity index (χ1v) is 10.7. The number of hydrogen-bond acceptors (Lipinski definition) is 3. The minimum atomic E-state index is -0.288. The van der Waals surface area contributed by atoms with Gasteiger partial charge in [0.1, 0.15) is 22.4 Å². The topological polar surface area (TPSA) is 61.8 Å². The van der Waals surface area contributed by atoms with E-state index in [1.807, 2.05) is 66.7 Å². The first kappa shape index (κ1) is 19.5. The molecule has 1 unspecified atom stereocenters. The number of hydrogen-bond donors (Lipinski definition) is 0. The molecule has 0 saturated heterocycles. The minimum Gasteiger partial charge on any atom is -0.841 e. The van der Waals surface area contributed by atoms with Crippen molar-refractivity contribution >= 4 is 11.6 Å². The van der Waals surface area contributed by atoms with Crippen LogP contribution in [0.3, 0.4) is 0 Å². The Morgan fingerprint density at radius 2 is 1.71 bits per heavy atom. The van der Waals surface area contributed by atoms with Crippen LogP contribution >= 0.6 is 11.6 Å². The van der Waals surface area contributed by atoms with Gasteiger partial charge in [-0.15, -0.1) is 0 Å². The van der Waals surface area contributed by atoms with Gasteiger partial charge in [0.05, 0.1) is 12.3 Å². The summed E-state index contributed by atoms with van der Waals surface area (Å²) in [6.45, 7) is 0. The maximum atomic E-state index is 13.8. The van der Waals surface area contributed by atoms with Crippen LogP contribution in [0, 0.1) is 0 Å². The second-order valence-corrected chi connectivity index (χ2v) is 8.02. The van der Waals surface area contributed by atoms with Gasteiger partial charge in [0, 0.05) is 11.8 Å². The Kier molecular flexibility index (Phi) is 5.04. The summed E-state index contributed by atoms with van der Waals surface area (Å²) >= 11 is 5.99. The van der Waals surface area contributed by atoms with Crippen molar-refractivity contribution in [2.45, 2.75) is 25.3 Å². The first-order chi connectivity index (χ1) is 15.1. The van der Waals surface area contributed by atoms with Gasteiger partial charge in [-0.3, -0.25) is 0 Å². The van der Waals surface area contributed by atoms with E-state index in [9.17, 15) is 9.90 Å². The zero-order chi connectivity index (χ0) is 21.4. The molecule has 0 N–H and O–H groups in total. The number of rotatable bonds is 3. The Morgan fingerprint density at radius 1 is 1.00 bits per heavy atom. The number of halogens is 1. The molecule has 1 aliphatic rings. The van der Waals surface area contributed by atoms with E-state index in [4.69, 9.17) is 11.6 Å². The fourth-order valence-electron chi connectivity index (χ4n) is 4.40. The van der Waals surface area contributed by atoms with E-state index < -0.39 is 0 Å². The average molecular weight is 430 g/mol. The van der Waals surface area contributed by atoms with Crippen LogP contribution in [0.1, 0.15) is 30.3 Å². The van der Waals surface area contributed by atoms with Gasteiger partial charge in [-0.25, -0.2) is 14.3 Å². The van der Waals surface area contributed by atoms with Crippen LogP contribution in [-0.4, -0.2) is 9.55 Å². The predicted octanol–water partition coefficient (Wildman–Crippen LogP) is 3.84. The molecule has 0 radical (unpaired) electrons. The van der Waals surface area contributed by atoms with Crippen LogP contribution in [0.2, 0.25) is 5.15 Å². The van der Waals surface area contributed by atoms with Crippen molar-refractivity contribution in [3.8, 4) is 22.7 Å². The van der Waals surface area contributed by atoms with Gasteiger partial charge >= 0.3 is 5.56 Å². The molecule has 0 bridgehead atoms. The second-order valence-electron chi connectivity index (χ2n) is 7.63. The van der Waals surface area contributed by atoms with E-state index >= 15 is 0 Å². The van der Waals surface area contributed by atoms with E-state index in [0.29, 0.717) is 23.0 Å². The molecule has 0 aliphatic carbocycles. The van der Waals surface area contributed by atoms with Crippen molar-refractivity contribution < 1.29 is 9.67 Å². The standard InChI is InChI=1S/C25H20ClN3O2/c26-21-15-14-18(16-27-21)20-12-7-13-22-28(19-10-5-2-6-11-19)24(30)23(25(31)29(20)22)17-8-3-1-4-9-17/h1-6,8-11,14-16,20H,7,12-13H2. The number of benzene rings is 2. The Morgan fingerprint density at radius 3 is 2.39 bits per heavy atom. The van der Waals surface area contributed by atoms with E-state index in [-0.39, 0.29) is 23.0 Å². The summed E-state index contributed by atoms with van der Waals surface area (Å²) < 4.78 is 3.48. The lowest BCUT2D eigenvalue weighted by Crippen LogP contribution is -2.50. The molecule has 31 heavy (non-hydrogen) atoms. The SMILES string of the molecule is O=c1c(-c2ccccc2)c([O-])[n+](-c2ccccc2)c2n1C(c1ccc(Cl)nc1)CCC2. The van der Waals surface area contributed by atoms with Crippen LogP contribution in [0.5, 0.6) is 5.88 Å². The fraction of sp³-hybridized carbons (Fsp3) is 0.160. The fourth-order valence-corrected chi connectivity index (χ4v) is 4.51. The lowest BCUT2D eigenvalue weighted by atomic mass is 9.96. The van der Waals surface area contributed by atoms with Gasteiger partial charge < -0.3 is 5.11 Å². The molecule has 154 valence electrons. The molecule has 3 heterocycles. The quantitative estimate of drug-likeness (QED) is 0.367. The molecule has 2 aromatic heterocycles. The summed E-state index contributed by atoms with van der Waals surface area (Å²) in [6, 6.07) is 22.1. The van der Waals surface area contributed by atoms with Crippen molar-refractivity contribution in [2.24, 2.45) is 0 Å². The largest absolute Gasteiger partial charge is 0.841 e. The normalized spacial score (nSPS) is 15.5. The Hall–Kier alpha value is -3.44. The zero-order valence-electron chi connectivity index (χ0n) is 16.7. The molecule has 2 aromatic carbocycles. The Balaban J connectivity index is 1.85. The number of pyridine rings is 1. The molecule has 1 aliphatic heterocycles. The highest BCUT2D eigenvalue weighted by atomic mass is 35.5. The minimum absolute atomic E-state index is 0.182. The van der Waals surface area contributed by atoms with Gasteiger partial charge in [-0.05, 0) is 36.6 Å². The predicted molar refractivity (Wildman–Crippen MR) is 117 cm³/mol. The summed E-state index contributed by atoms with van der Waals surface area (Å²) in [4.78, 5) is 18.0. The van der Waals surface area contributed by atoms with Gasteiger partial charge in [0.2, 0.25) is 0 Å². The van der Waals surface area contributed by atoms with Crippen LogP contribution in [0.25, 0.3) is 16.8 Å². The molecular weight excluding hydrogens is 410 g/mol. The third-order valence-corrected chi connectivity index (χ3v) is 6.01. The lowest BCUT2D eigenvalue weighted by molar-refractivity contribution is -0.662. The highest BCUT2D eigenvalue weighted by molar-refractivity contribution is 6.29. The molecular formula is C25H20ClN3O2. The molecule has 1 atom stereocenters. The third kappa shape index (κ3) is 3.41. The van der Waals surface area contributed by atoms with Crippen molar-refractivity contribution in [3.05, 3.63) is 106 Å². The molecule has 4 aromatic rings. The Bertz CT molecular complexity index is 1290. The van der Waals surface area contributed by atoms with E-state index in [1.165, 1.54) is 0 Å². The molecule has 0 amide bonds. The van der Waals surface area contributed by atoms with E-state index in [0.717, 1.165) is 24.1 Å². The number of aromatic nitrogens is 3.